The minimum absolute atomic E-state index is 0.195. The summed E-state index contributed by atoms with van der Waals surface area (Å²) >= 11 is 0. The first-order valence-electron chi connectivity index (χ1n) is 18.6. The van der Waals surface area contributed by atoms with Crippen molar-refractivity contribution in [3.63, 3.8) is 0 Å². The lowest BCUT2D eigenvalue weighted by atomic mass is 9.51. The van der Waals surface area contributed by atoms with Crippen molar-refractivity contribution in [2.24, 2.45) is 23.7 Å². The lowest BCUT2D eigenvalue weighted by Crippen LogP contribution is -2.48. The Kier molecular flexibility index (Phi) is 5.57. The van der Waals surface area contributed by atoms with E-state index in [2.05, 4.69) is 120 Å². The van der Waals surface area contributed by atoms with Crippen LogP contribution in [0.25, 0.3) is 22.3 Å². The van der Waals surface area contributed by atoms with Gasteiger partial charge < -0.3 is 4.90 Å². The maximum Gasteiger partial charge on any atom is 0.0468 e. The average Bonchev–Trinajstić information content (AvgIpc) is 3.75. The molecule has 1 nitrogen and oxygen atoms in total. The van der Waals surface area contributed by atoms with Gasteiger partial charge in [0.05, 0.1) is 0 Å². The van der Waals surface area contributed by atoms with Crippen LogP contribution in [0.2, 0.25) is 0 Å². The maximum absolute atomic E-state index is 2.58. The van der Waals surface area contributed by atoms with Gasteiger partial charge in [-0.05, 0) is 150 Å². The van der Waals surface area contributed by atoms with Crippen molar-refractivity contribution in [2.75, 3.05) is 4.90 Å². The molecule has 5 fully saturated rings. The number of hydrogen-bond donors (Lipinski definition) is 0. The van der Waals surface area contributed by atoms with Crippen LogP contribution in [0.4, 0.5) is 17.1 Å². The Morgan fingerprint density at radius 1 is 0.447 bits per heavy atom. The van der Waals surface area contributed by atoms with Crippen molar-refractivity contribution in [1.82, 2.24) is 0 Å². The van der Waals surface area contributed by atoms with Crippen LogP contribution in [0.3, 0.4) is 0 Å². The maximum atomic E-state index is 2.58. The van der Waals surface area contributed by atoms with Crippen LogP contribution < -0.4 is 4.90 Å². The molecule has 1 heteroatoms. The van der Waals surface area contributed by atoms with Gasteiger partial charge in [0, 0.05) is 27.9 Å². The van der Waals surface area contributed by atoms with E-state index in [-0.39, 0.29) is 10.8 Å². The van der Waals surface area contributed by atoms with Crippen LogP contribution in [0, 0.1) is 23.7 Å². The summed E-state index contributed by atoms with van der Waals surface area (Å²) in [7, 11) is 0. The molecule has 0 amide bonds. The van der Waals surface area contributed by atoms with Gasteiger partial charge in [-0.15, -0.1) is 0 Å². The van der Waals surface area contributed by atoms with Crippen molar-refractivity contribution < 1.29 is 0 Å². The summed E-state index contributed by atoms with van der Waals surface area (Å²) in [6, 6.07) is 45.0. The van der Waals surface area contributed by atoms with Crippen molar-refractivity contribution in [3.05, 3.63) is 138 Å². The van der Waals surface area contributed by atoms with Gasteiger partial charge in [0.2, 0.25) is 0 Å². The molecular formula is C46H43N. The number of hydrogen-bond acceptors (Lipinski definition) is 1. The highest BCUT2D eigenvalue weighted by molar-refractivity contribution is 5.90. The van der Waals surface area contributed by atoms with E-state index >= 15 is 0 Å². The van der Waals surface area contributed by atoms with Crippen LogP contribution in [0.1, 0.15) is 86.5 Å². The lowest BCUT2D eigenvalue weighted by Gasteiger charge is -2.53. The van der Waals surface area contributed by atoms with Crippen molar-refractivity contribution >= 4 is 17.1 Å². The fourth-order valence-corrected chi connectivity index (χ4v) is 12.6. The molecule has 2 spiro atoms. The van der Waals surface area contributed by atoms with E-state index in [1.165, 1.54) is 104 Å². The molecule has 5 aromatic rings. The van der Waals surface area contributed by atoms with E-state index in [0.29, 0.717) is 0 Å². The first-order chi connectivity index (χ1) is 23.2. The first-order valence-corrected chi connectivity index (χ1v) is 18.6. The molecule has 0 heterocycles. The third-order valence-electron chi connectivity index (χ3n) is 14.1. The fraction of sp³-hybridized carbons (Fsp3) is 0.348. The third kappa shape index (κ3) is 3.51. The Labute approximate surface area is 279 Å². The van der Waals surface area contributed by atoms with Crippen LogP contribution in [0.5, 0.6) is 0 Å². The molecule has 7 aliphatic rings. The van der Waals surface area contributed by atoms with E-state index < -0.39 is 0 Å². The Bertz CT molecular complexity index is 2040. The summed E-state index contributed by atoms with van der Waals surface area (Å²) in [4.78, 5) is 2.53. The summed E-state index contributed by atoms with van der Waals surface area (Å²) in [5.41, 5.74) is 16.4. The Morgan fingerprint density at radius 2 is 1.02 bits per heavy atom. The van der Waals surface area contributed by atoms with Gasteiger partial charge in [0.15, 0.2) is 0 Å². The third-order valence-corrected chi connectivity index (χ3v) is 14.1. The number of nitrogens with zero attached hydrogens (tertiary/aromatic N) is 1. The second-order valence-electron chi connectivity index (χ2n) is 16.0. The highest BCUT2D eigenvalue weighted by Gasteiger charge is 2.59. The van der Waals surface area contributed by atoms with Gasteiger partial charge in [-0.1, -0.05) is 98.1 Å². The molecule has 5 unspecified atom stereocenters. The fourth-order valence-electron chi connectivity index (χ4n) is 12.6. The molecule has 12 rings (SSSR count). The Balaban J connectivity index is 1.10. The highest BCUT2D eigenvalue weighted by atomic mass is 15.1. The molecule has 5 saturated carbocycles. The smallest absolute Gasteiger partial charge is 0.0468 e. The predicted octanol–water partition coefficient (Wildman–Crippen LogP) is 12.1. The molecule has 0 aliphatic heterocycles. The quantitative estimate of drug-likeness (QED) is 0.197. The molecule has 0 aromatic heterocycles. The highest BCUT2D eigenvalue weighted by Crippen LogP contribution is 2.68. The lowest BCUT2D eigenvalue weighted by molar-refractivity contribution is 0.0618. The molecule has 232 valence electrons. The minimum Gasteiger partial charge on any atom is -0.310 e. The number of para-hydroxylation sites is 1. The van der Waals surface area contributed by atoms with Crippen LogP contribution in [-0.2, 0) is 10.8 Å². The molecule has 0 radical (unpaired) electrons. The monoisotopic (exact) mass is 609 g/mol. The van der Waals surface area contributed by atoms with Gasteiger partial charge >= 0.3 is 0 Å². The molecular weight excluding hydrogens is 567 g/mol. The average molecular weight is 610 g/mol. The molecule has 7 aliphatic carbocycles. The zero-order valence-electron chi connectivity index (χ0n) is 27.3. The van der Waals surface area contributed by atoms with E-state index in [0.717, 1.165) is 23.7 Å². The zero-order chi connectivity index (χ0) is 30.7. The molecule has 5 aromatic carbocycles. The van der Waals surface area contributed by atoms with Crippen molar-refractivity contribution in [1.29, 1.82) is 0 Å². The van der Waals surface area contributed by atoms with E-state index in [4.69, 9.17) is 0 Å². The van der Waals surface area contributed by atoms with E-state index in [9.17, 15) is 0 Å². The second-order valence-corrected chi connectivity index (χ2v) is 16.0. The summed E-state index contributed by atoms with van der Waals surface area (Å²) < 4.78 is 0. The van der Waals surface area contributed by atoms with Crippen LogP contribution >= 0.6 is 0 Å². The first kappa shape index (κ1) is 26.9. The molecule has 5 atom stereocenters. The zero-order valence-corrected chi connectivity index (χ0v) is 27.3. The van der Waals surface area contributed by atoms with Crippen molar-refractivity contribution in [2.45, 2.75) is 75.0 Å². The van der Waals surface area contributed by atoms with Gasteiger partial charge in [0.1, 0.15) is 0 Å². The Morgan fingerprint density at radius 3 is 1.81 bits per heavy atom. The summed E-state index contributed by atoms with van der Waals surface area (Å²) in [5.74, 6) is 3.46. The normalized spacial score (nSPS) is 28.3. The van der Waals surface area contributed by atoms with E-state index in [1.807, 2.05) is 0 Å². The van der Waals surface area contributed by atoms with E-state index in [1.54, 1.807) is 22.3 Å². The molecule has 0 N–H and O–H groups in total. The number of benzene rings is 5. The number of fused-ring (bicyclic) bond motifs is 9. The molecule has 47 heavy (non-hydrogen) atoms. The Hall–Kier alpha value is -4.10. The van der Waals surface area contributed by atoms with Crippen molar-refractivity contribution in [3.8, 4) is 22.3 Å². The second kappa shape index (κ2) is 9.72. The summed E-state index contributed by atoms with van der Waals surface area (Å²) in [6.45, 7) is 0. The molecule has 4 bridgehead atoms. The van der Waals surface area contributed by atoms with Gasteiger partial charge in [-0.2, -0.15) is 0 Å². The predicted molar refractivity (Wildman–Crippen MR) is 194 cm³/mol. The number of rotatable bonds is 3. The standard InChI is InChI=1S/C46H43N/c1-2-10-34(11-3-1)47(35-18-20-42-39(28-35)37-12-4-6-14-41(37)45(42)22-8-9-23-45)36-19-21-44-40(29-36)38-13-5-7-15-43(38)46(44)32-17-16-30-24-31(26-32)27-33(46)25-30/h1-7,10-15,18-21,28-33H,8-9,16-17,22-27H2. The number of anilines is 3. The SMILES string of the molecule is c1ccc(N(c2ccc3c(c2)-c2ccccc2C32CCCC2)c2ccc3c(c2)-c2ccccc2C32C3CCC4CC(C3)CC2C4)cc1. The topological polar surface area (TPSA) is 3.24 Å². The van der Waals surface area contributed by atoms with Crippen LogP contribution in [0.15, 0.2) is 115 Å². The molecule has 0 saturated heterocycles. The van der Waals surface area contributed by atoms with Gasteiger partial charge in [-0.3, -0.25) is 0 Å². The largest absolute Gasteiger partial charge is 0.310 e. The van der Waals surface area contributed by atoms with Crippen LogP contribution in [-0.4, -0.2) is 0 Å². The summed E-state index contributed by atoms with van der Waals surface area (Å²) in [6.07, 6.45) is 13.8. The van der Waals surface area contributed by atoms with Gasteiger partial charge in [-0.25, -0.2) is 0 Å². The summed E-state index contributed by atoms with van der Waals surface area (Å²) in [5, 5.41) is 0. The van der Waals surface area contributed by atoms with Gasteiger partial charge in [0.25, 0.3) is 0 Å². The minimum atomic E-state index is 0.195.